The van der Waals surface area contributed by atoms with Gasteiger partial charge < -0.3 is 10.2 Å². The summed E-state index contributed by atoms with van der Waals surface area (Å²) in [5, 5.41) is 2.91. The zero-order valence-electron chi connectivity index (χ0n) is 12.6. The molecular formula is C16H21FN2O2. The normalized spacial score (nSPS) is 19.0. The van der Waals surface area contributed by atoms with E-state index in [1.54, 1.807) is 17.0 Å². The first-order valence-corrected chi connectivity index (χ1v) is 7.09. The third-order valence-electron chi connectivity index (χ3n) is 3.52. The van der Waals surface area contributed by atoms with Crippen LogP contribution in [0.15, 0.2) is 24.3 Å². The number of hydrogen-bond donors (Lipinski definition) is 1. The van der Waals surface area contributed by atoms with Crippen molar-refractivity contribution in [3.8, 4) is 0 Å². The number of carbonyl (C=O) groups is 2. The average molecular weight is 292 g/mol. The van der Waals surface area contributed by atoms with Crippen molar-refractivity contribution in [2.75, 3.05) is 6.54 Å². The number of rotatable bonds is 3. The van der Waals surface area contributed by atoms with Gasteiger partial charge in [0.05, 0.1) is 6.04 Å². The molecule has 0 radical (unpaired) electrons. The molecule has 1 aromatic carbocycles. The average Bonchev–Trinajstić information content (AvgIpc) is 2.71. The highest BCUT2D eigenvalue weighted by atomic mass is 19.1. The molecule has 1 atom stereocenters. The van der Waals surface area contributed by atoms with Crippen LogP contribution in [0, 0.1) is 11.2 Å². The largest absolute Gasteiger partial charge is 0.351 e. The first-order chi connectivity index (χ1) is 9.75. The van der Waals surface area contributed by atoms with Gasteiger partial charge >= 0.3 is 0 Å². The minimum Gasteiger partial charge on any atom is -0.351 e. The van der Waals surface area contributed by atoms with Crippen molar-refractivity contribution in [3.63, 3.8) is 0 Å². The Hall–Kier alpha value is -1.91. The van der Waals surface area contributed by atoms with Crippen molar-refractivity contribution >= 4 is 11.8 Å². The first-order valence-electron chi connectivity index (χ1n) is 7.09. The number of amides is 2. The summed E-state index contributed by atoms with van der Waals surface area (Å²) >= 11 is 0. The van der Waals surface area contributed by atoms with E-state index in [0.29, 0.717) is 19.5 Å². The highest BCUT2D eigenvalue weighted by Crippen LogP contribution is 2.18. The Morgan fingerprint density at radius 1 is 1.33 bits per heavy atom. The Morgan fingerprint density at radius 2 is 1.95 bits per heavy atom. The van der Waals surface area contributed by atoms with Crippen molar-refractivity contribution in [2.24, 2.45) is 5.41 Å². The van der Waals surface area contributed by atoms with Gasteiger partial charge in [0.2, 0.25) is 11.8 Å². The van der Waals surface area contributed by atoms with Crippen LogP contribution in [-0.2, 0) is 16.1 Å². The number of nitrogens with one attached hydrogen (secondary N) is 1. The molecule has 1 aliphatic rings. The molecule has 1 saturated heterocycles. The van der Waals surface area contributed by atoms with Crippen LogP contribution in [0.2, 0.25) is 0 Å². The molecule has 114 valence electrons. The molecule has 0 aromatic heterocycles. The van der Waals surface area contributed by atoms with Gasteiger partial charge in [0.15, 0.2) is 0 Å². The molecule has 2 rings (SSSR count). The molecule has 1 aromatic rings. The summed E-state index contributed by atoms with van der Waals surface area (Å²) in [5.41, 5.74) is 0.417. The molecular weight excluding hydrogens is 271 g/mol. The molecule has 1 heterocycles. The van der Waals surface area contributed by atoms with E-state index in [1.165, 1.54) is 12.1 Å². The maximum Gasteiger partial charge on any atom is 0.225 e. The third kappa shape index (κ3) is 4.03. The number of halogens is 1. The lowest BCUT2D eigenvalue weighted by molar-refractivity contribution is -0.129. The lowest BCUT2D eigenvalue weighted by atomic mass is 9.95. The van der Waals surface area contributed by atoms with Gasteiger partial charge in [-0.2, -0.15) is 0 Å². The zero-order valence-corrected chi connectivity index (χ0v) is 12.6. The smallest absolute Gasteiger partial charge is 0.225 e. The van der Waals surface area contributed by atoms with Crippen LogP contribution in [0.5, 0.6) is 0 Å². The second kappa shape index (κ2) is 5.84. The van der Waals surface area contributed by atoms with Crippen LogP contribution >= 0.6 is 0 Å². The summed E-state index contributed by atoms with van der Waals surface area (Å²) in [6.07, 6.45) is 0.322. The molecule has 1 fully saturated rings. The van der Waals surface area contributed by atoms with Gasteiger partial charge in [0.25, 0.3) is 0 Å². The highest BCUT2D eigenvalue weighted by molar-refractivity contribution is 5.84. The SMILES string of the molecule is CC(C)(C)C(=O)N[C@@H]1CC(=O)N(Cc2ccc(F)cc2)C1. The molecule has 21 heavy (non-hydrogen) atoms. The second-order valence-electron chi connectivity index (χ2n) is 6.53. The third-order valence-corrected chi connectivity index (χ3v) is 3.52. The van der Waals surface area contributed by atoms with Crippen LogP contribution < -0.4 is 5.32 Å². The molecule has 1 aliphatic heterocycles. The van der Waals surface area contributed by atoms with Gasteiger partial charge in [0, 0.05) is 24.9 Å². The highest BCUT2D eigenvalue weighted by Gasteiger charge is 2.32. The van der Waals surface area contributed by atoms with Crippen molar-refractivity contribution in [1.82, 2.24) is 10.2 Å². The fourth-order valence-corrected chi connectivity index (χ4v) is 2.23. The topological polar surface area (TPSA) is 49.4 Å². The predicted octanol–water partition coefficient (Wildman–Crippen LogP) is 2.09. The number of nitrogens with zero attached hydrogens (tertiary/aromatic N) is 1. The van der Waals surface area contributed by atoms with Crippen molar-refractivity contribution in [3.05, 3.63) is 35.6 Å². The van der Waals surface area contributed by atoms with E-state index in [1.807, 2.05) is 20.8 Å². The summed E-state index contributed by atoms with van der Waals surface area (Å²) in [5.74, 6) is -0.329. The summed E-state index contributed by atoms with van der Waals surface area (Å²) in [6, 6.07) is 5.96. The minimum atomic E-state index is -0.465. The molecule has 5 heteroatoms. The number of hydrogen-bond acceptors (Lipinski definition) is 2. The summed E-state index contributed by atoms with van der Waals surface area (Å²) < 4.78 is 12.9. The summed E-state index contributed by atoms with van der Waals surface area (Å²) in [6.45, 7) is 6.47. The predicted molar refractivity (Wildman–Crippen MR) is 77.8 cm³/mol. The molecule has 0 spiro atoms. The Morgan fingerprint density at radius 3 is 2.52 bits per heavy atom. The monoisotopic (exact) mass is 292 g/mol. The Labute approximate surface area is 124 Å². The lowest BCUT2D eigenvalue weighted by Crippen LogP contribution is -2.42. The van der Waals surface area contributed by atoms with Crippen LogP contribution in [0.25, 0.3) is 0 Å². The number of benzene rings is 1. The molecule has 0 bridgehead atoms. The van der Waals surface area contributed by atoms with E-state index < -0.39 is 5.41 Å². The Bertz CT molecular complexity index is 534. The minimum absolute atomic E-state index is 0.0125. The van der Waals surface area contributed by atoms with Crippen molar-refractivity contribution in [2.45, 2.75) is 39.8 Å². The molecule has 1 N–H and O–H groups in total. The van der Waals surface area contributed by atoms with E-state index in [2.05, 4.69) is 5.32 Å². The fraction of sp³-hybridized carbons (Fsp3) is 0.500. The van der Waals surface area contributed by atoms with E-state index in [0.717, 1.165) is 5.56 Å². The van der Waals surface area contributed by atoms with Crippen LogP contribution in [-0.4, -0.2) is 29.3 Å². The van der Waals surface area contributed by atoms with Gasteiger partial charge in [0.1, 0.15) is 5.82 Å². The van der Waals surface area contributed by atoms with Gasteiger partial charge in [-0.25, -0.2) is 4.39 Å². The van der Waals surface area contributed by atoms with Crippen LogP contribution in [0.1, 0.15) is 32.8 Å². The number of carbonyl (C=O) groups excluding carboxylic acids is 2. The lowest BCUT2D eigenvalue weighted by Gasteiger charge is -2.21. The molecule has 0 aliphatic carbocycles. The summed E-state index contributed by atoms with van der Waals surface area (Å²) in [4.78, 5) is 25.6. The van der Waals surface area contributed by atoms with E-state index >= 15 is 0 Å². The van der Waals surface area contributed by atoms with Gasteiger partial charge in [-0.15, -0.1) is 0 Å². The van der Waals surface area contributed by atoms with Gasteiger partial charge in [-0.05, 0) is 17.7 Å². The molecule has 0 saturated carbocycles. The van der Waals surface area contributed by atoms with Crippen LogP contribution in [0.4, 0.5) is 4.39 Å². The maximum absolute atomic E-state index is 12.9. The van der Waals surface area contributed by atoms with Crippen molar-refractivity contribution in [1.29, 1.82) is 0 Å². The zero-order chi connectivity index (χ0) is 15.6. The van der Waals surface area contributed by atoms with Gasteiger partial charge in [-0.1, -0.05) is 32.9 Å². The van der Waals surface area contributed by atoms with E-state index in [9.17, 15) is 14.0 Å². The fourth-order valence-electron chi connectivity index (χ4n) is 2.23. The molecule has 4 nitrogen and oxygen atoms in total. The van der Waals surface area contributed by atoms with Crippen LogP contribution in [0.3, 0.4) is 0 Å². The quantitative estimate of drug-likeness (QED) is 0.927. The number of likely N-dealkylation sites (tertiary alicyclic amines) is 1. The Kier molecular flexibility index (Phi) is 4.30. The van der Waals surface area contributed by atoms with E-state index in [-0.39, 0.29) is 23.7 Å². The second-order valence-corrected chi connectivity index (χ2v) is 6.53. The Balaban J connectivity index is 1.94. The maximum atomic E-state index is 12.9. The van der Waals surface area contributed by atoms with Gasteiger partial charge in [-0.3, -0.25) is 9.59 Å². The first kappa shape index (κ1) is 15.5. The standard InChI is InChI=1S/C16H21FN2O2/c1-16(2,3)15(21)18-13-8-14(20)19(10-13)9-11-4-6-12(17)7-5-11/h4-7,13H,8-10H2,1-3H3,(H,18,21)/t13-/m1/s1. The molecule has 2 amide bonds. The molecule has 0 unspecified atom stereocenters. The summed E-state index contributed by atoms with van der Waals surface area (Å²) in [7, 11) is 0. The van der Waals surface area contributed by atoms with E-state index in [4.69, 9.17) is 0 Å². The van der Waals surface area contributed by atoms with Crippen molar-refractivity contribution < 1.29 is 14.0 Å².